The Bertz CT molecular complexity index is 945. The van der Waals surface area contributed by atoms with Crippen LogP contribution in [0.25, 0.3) is 0 Å². The minimum absolute atomic E-state index is 0.0174. The van der Waals surface area contributed by atoms with Crippen LogP contribution in [-0.2, 0) is 22.3 Å². The predicted molar refractivity (Wildman–Crippen MR) is 121 cm³/mol. The SMILES string of the molecule is CC(C)(C)OC(=O)C1CCN(C(=O)c2cc(C(F)(F)F)ccc2CN2CCN(C(=O)O)CC2)CC1. The lowest BCUT2D eigenvalue weighted by molar-refractivity contribution is -0.161. The van der Waals surface area contributed by atoms with Crippen molar-refractivity contribution in [2.45, 2.75) is 51.9 Å². The molecule has 0 aromatic heterocycles. The van der Waals surface area contributed by atoms with Crippen molar-refractivity contribution in [2.24, 2.45) is 5.92 Å². The fourth-order valence-electron chi connectivity index (χ4n) is 4.30. The van der Waals surface area contributed by atoms with Gasteiger partial charge in [0.1, 0.15) is 5.60 Å². The van der Waals surface area contributed by atoms with Crippen molar-refractivity contribution in [3.63, 3.8) is 0 Å². The van der Waals surface area contributed by atoms with Crippen molar-refractivity contribution in [3.05, 3.63) is 34.9 Å². The number of carboxylic acid groups (broad SMARTS) is 1. The van der Waals surface area contributed by atoms with E-state index in [1.165, 1.54) is 15.9 Å². The molecule has 0 spiro atoms. The number of piperidine rings is 1. The van der Waals surface area contributed by atoms with Crippen molar-refractivity contribution in [1.82, 2.24) is 14.7 Å². The average Bonchev–Trinajstić information content (AvgIpc) is 2.77. The lowest BCUT2D eigenvalue weighted by Crippen LogP contribution is -2.48. The highest BCUT2D eigenvalue weighted by Crippen LogP contribution is 2.32. The topological polar surface area (TPSA) is 90.4 Å². The molecule has 2 aliphatic rings. The third kappa shape index (κ3) is 7.09. The fraction of sp³-hybridized carbons (Fsp3) is 0.625. The maximum atomic E-state index is 13.4. The highest BCUT2D eigenvalue weighted by molar-refractivity contribution is 5.96. The number of halogens is 3. The van der Waals surface area contributed by atoms with Crippen molar-refractivity contribution in [2.75, 3.05) is 39.3 Å². The van der Waals surface area contributed by atoms with Crippen LogP contribution in [0.5, 0.6) is 0 Å². The van der Waals surface area contributed by atoms with Crippen LogP contribution in [0.15, 0.2) is 18.2 Å². The van der Waals surface area contributed by atoms with Gasteiger partial charge >= 0.3 is 18.2 Å². The molecule has 2 saturated heterocycles. The monoisotopic (exact) mass is 499 g/mol. The first-order chi connectivity index (χ1) is 16.2. The van der Waals surface area contributed by atoms with E-state index in [2.05, 4.69) is 0 Å². The number of carbonyl (C=O) groups excluding carboxylic acids is 2. The molecule has 0 atom stereocenters. The third-order valence-electron chi connectivity index (χ3n) is 6.23. The summed E-state index contributed by atoms with van der Waals surface area (Å²) in [6.07, 6.45) is -4.84. The molecule has 2 amide bonds. The molecule has 0 bridgehead atoms. The number of carbonyl (C=O) groups is 3. The Morgan fingerprint density at radius 2 is 1.57 bits per heavy atom. The highest BCUT2D eigenvalue weighted by atomic mass is 19.4. The maximum absolute atomic E-state index is 13.4. The largest absolute Gasteiger partial charge is 0.465 e. The second-order valence-corrected chi connectivity index (χ2v) is 10.0. The number of hydrogen-bond donors (Lipinski definition) is 1. The van der Waals surface area contributed by atoms with Gasteiger partial charge in [0.15, 0.2) is 0 Å². The van der Waals surface area contributed by atoms with Crippen molar-refractivity contribution in [1.29, 1.82) is 0 Å². The standard InChI is InChI=1S/C24H32F3N3O5/c1-23(2,3)35-21(32)16-6-8-29(9-7-16)20(31)19-14-18(24(25,26)27)5-4-17(19)15-28-10-12-30(13-11-28)22(33)34/h4-5,14,16H,6-13,15H2,1-3H3,(H,33,34). The molecule has 8 nitrogen and oxygen atoms in total. The van der Waals surface area contributed by atoms with Crippen LogP contribution in [-0.4, -0.2) is 82.6 Å². The first-order valence-electron chi connectivity index (χ1n) is 11.7. The molecule has 2 aliphatic heterocycles. The number of piperazine rings is 1. The van der Waals surface area contributed by atoms with Crippen LogP contribution in [0.4, 0.5) is 18.0 Å². The molecule has 3 rings (SSSR count). The van der Waals surface area contributed by atoms with Gasteiger partial charge in [0.2, 0.25) is 0 Å². The molecular weight excluding hydrogens is 467 g/mol. The summed E-state index contributed by atoms with van der Waals surface area (Å²) in [5, 5.41) is 9.11. The number of alkyl halides is 3. The number of hydrogen-bond acceptors (Lipinski definition) is 5. The van der Waals surface area contributed by atoms with Gasteiger partial charge in [0.25, 0.3) is 5.91 Å². The average molecular weight is 500 g/mol. The quantitative estimate of drug-likeness (QED) is 0.636. The van der Waals surface area contributed by atoms with Gasteiger partial charge in [-0.25, -0.2) is 4.79 Å². The number of esters is 1. The first kappa shape index (κ1) is 26.8. The van der Waals surface area contributed by atoms with Gasteiger partial charge in [-0.3, -0.25) is 14.5 Å². The van der Waals surface area contributed by atoms with Gasteiger partial charge in [-0.2, -0.15) is 13.2 Å². The molecular formula is C24H32F3N3O5. The molecule has 194 valence electrons. The summed E-state index contributed by atoms with van der Waals surface area (Å²) in [5.74, 6) is -1.19. The van der Waals surface area contributed by atoms with E-state index in [1.54, 1.807) is 20.8 Å². The van der Waals surface area contributed by atoms with E-state index < -0.39 is 29.3 Å². The predicted octanol–water partition coefficient (Wildman–Crippen LogP) is 3.69. The van der Waals surface area contributed by atoms with Gasteiger partial charge in [-0.1, -0.05) is 6.07 Å². The summed E-state index contributed by atoms with van der Waals surface area (Å²) in [6.45, 7) is 7.48. The molecule has 0 saturated carbocycles. The molecule has 1 aromatic carbocycles. The van der Waals surface area contributed by atoms with E-state index in [0.717, 1.165) is 12.1 Å². The van der Waals surface area contributed by atoms with Crippen molar-refractivity contribution < 1.29 is 37.4 Å². The number of likely N-dealkylation sites (tertiary alicyclic amines) is 1. The Labute approximate surface area is 202 Å². The summed E-state index contributed by atoms with van der Waals surface area (Å²) in [6, 6.07) is 3.19. The Morgan fingerprint density at radius 3 is 2.09 bits per heavy atom. The summed E-state index contributed by atoms with van der Waals surface area (Å²) < 4.78 is 45.7. The molecule has 2 fully saturated rings. The first-order valence-corrected chi connectivity index (χ1v) is 11.7. The number of amides is 2. The van der Waals surface area contributed by atoms with E-state index >= 15 is 0 Å². The second-order valence-electron chi connectivity index (χ2n) is 10.0. The molecule has 11 heteroatoms. The maximum Gasteiger partial charge on any atom is 0.416 e. The Hall–Kier alpha value is -2.82. The highest BCUT2D eigenvalue weighted by Gasteiger charge is 2.35. The van der Waals surface area contributed by atoms with Gasteiger partial charge < -0.3 is 19.6 Å². The van der Waals surface area contributed by atoms with Gasteiger partial charge in [0.05, 0.1) is 11.5 Å². The van der Waals surface area contributed by atoms with Crippen molar-refractivity contribution in [3.8, 4) is 0 Å². The van der Waals surface area contributed by atoms with Gasteiger partial charge in [0, 0.05) is 51.4 Å². The Morgan fingerprint density at radius 1 is 0.971 bits per heavy atom. The fourth-order valence-corrected chi connectivity index (χ4v) is 4.30. The molecule has 1 aromatic rings. The van der Waals surface area contributed by atoms with Crippen molar-refractivity contribution >= 4 is 18.0 Å². The molecule has 0 unspecified atom stereocenters. The van der Waals surface area contributed by atoms with Gasteiger partial charge in [-0.05, 0) is 51.3 Å². The summed E-state index contributed by atoms with van der Waals surface area (Å²) in [7, 11) is 0. The zero-order chi connectivity index (χ0) is 26.0. The molecule has 1 N–H and O–H groups in total. The Balaban J connectivity index is 1.73. The summed E-state index contributed by atoms with van der Waals surface area (Å²) in [5.41, 5.74) is -1.08. The number of benzene rings is 1. The summed E-state index contributed by atoms with van der Waals surface area (Å²) >= 11 is 0. The molecule has 0 aliphatic carbocycles. The smallest absolute Gasteiger partial charge is 0.416 e. The zero-order valence-electron chi connectivity index (χ0n) is 20.2. The second kappa shape index (κ2) is 10.4. The Kier molecular flexibility index (Phi) is 7.98. The molecule has 2 heterocycles. The lowest BCUT2D eigenvalue weighted by atomic mass is 9.95. The summed E-state index contributed by atoms with van der Waals surface area (Å²) in [4.78, 5) is 41.5. The van der Waals surface area contributed by atoms with Crippen LogP contribution in [0.1, 0.15) is 55.1 Å². The minimum Gasteiger partial charge on any atom is -0.465 e. The number of ether oxygens (including phenoxy) is 1. The normalized spacial score (nSPS) is 18.5. The van der Waals surface area contributed by atoms with E-state index in [1.807, 2.05) is 4.90 Å². The third-order valence-corrected chi connectivity index (χ3v) is 6.23. The molecule has 35 heavy (non-hydrogen) atoms. The van der Waals surface area contributed by atoms with Crippen LogP contribution in [0.3, 0.4) is 0 Å². The number of rotatable bonds is 4. The number of nitrogens with zero attached hydrogens (tertiary/aromatic N) is 3. The molecule has 0 radical (unpaired) electrons. The van der Waals surface area contributed by atoms with E-state index in [-0.39, 0.29) is 50.2 Å². The van der Waals surface area contributed by atoms with Gasteiger partial charge in [-0.15, -0.1) is 0 Å². The van der Waals surface area contributed by atoms with Crippen LogP contribution in [0, 0.1) is 5.92 Å². The van der Waals surface area contributed by atoms with E-state index in [4.69, 9.17) is 9.84 Å². The van der Waals surface area contributed by atoms with Crippen LogP contribution in [0.2, 0.25) is 0 Å². The lowest BCUT2D eigenvalue weighted by Gasteiger charge is -2.34. The zero-order valence-corrected chi connectivity index (χ0v) is 20.2. The van der Waals surface area contributed by atoms with Crippen LogP contribution >= 0.6 is 0 Å². The van der Waals surface area contributed by atoms with E-state index in [0.29, 0.717) is 31.5 Å². The minimum atomic E-state index is -4.59. The van der Waals surface area contributed by atoms with Crippen LogP contribution < -0.4 is 0 Å². The van der Waals surface area contributed by atoms with E-state index in [9.17, 15) is 27.6 Å².